The molecule has 0 bridgehead atoms. The van der Waals surface area contributed by atoms with Gasteiger partial charge in [-0.1, -0.05) is 0 Å². The highest BCUT2D eigenvalue weighted by atomic mass is 16.2. The van der Waals surface area contributed by atoms with Gasteiger partial charge in [0.1, 0.15) is 12.1 Å². The van der Waals surface area contributed by atoms with E-state index >= 15 is 0 Å². The largest absolute Gasteiger partial charge is 0.370 e. The minimum Gasteiger partial charge on any atom is -0.370 e. The van der Waals surface area contributed by atoms with E-state index in [1.165, 1.54) is 4.90 Å². The van der Waals surface area contributed by atoms with E-state index < -0.39 is 17.4 Å². The first-order valence-electron chi connectivity index (χ1n) is 3.81. The molecule has 0 aliphatic carbocycles. The minimum absolute atomic E-state index is 0.0475. The molecule has 0 aromatic rings. The molecule has 0 spiro atoms. The summed E-state index contributed by atoms with van der Waals surface area (Å²) in [6, 6.07) is 0. The number of piperazine rings is 1. The smallest absolute Gasteiger partial charge is 0.252 e. The average molecular weight is 184 g/mol. The van der Waals surface area contributed by atoms with Gasteiger partial charge in [0.2, 0.25) is 5.91 Å². The monoisotopic (exact) mass is 184 g/mol. The number of carbonyl (C=O) groups excluding carboxylic acids is 2. The molecule has 0 aromatic heterocycles. The summed E-state index contributed by atoms with van der Waals surface area (Å²) in [5.74, 6) is -1.13. The Balaban J connectivity index is 2.98. The topological polar surface area (TPSA) is 99.3 Å². The van der Waals surface area contributed by atoms with Crippen LogP contribution >= 0.6 is 0 Å². The number of hydrogen-bond acceptors (Lipinski definition) is 3. The molecule has 1 heterocycles. The Morgan fingerprint density at radius 2 is 2.15 bits per heavy atom. The summed E-state index contributed by atoms with van der Waals surface area (Å²) in [5, 5.41) is 9.38. The van der Waals surface area contributed by atoms with E-state index in [4.69, 9.17) is 11.1 Å². The molecule has 1 aliphatic heterocycles. The third-order valence-electron chi connectivity index (χ3n) is 2.08. The Bertz CT molecular complexity index is 284. The SMILES string of the molecule is CC1(C)C(=O)NC(=O)CN1C(=N)N. The number of amides is 2. The van der Waals surface area contributed by atoms with Crippen molar-refractivity contribution in [2.24, 2.45) is 5.73 Å². The second-order valence-electron chi connectivity index (χ2n) is 3.41. The summed E-state index contributed by atoms with van der Waals surface area (Å²) < 4.78 is 0. The van der Waals surface area contributed by atoms with Gasteiger partial charge >= 0.3 is 0 Å². The van der Waals surface area contributed by atoms with E-state index in [1.807, 2.05) is 0 Å². The normalized spacial score (nSPS) is 21.2. The number of guanidine groups is 1. The summed E-state index contributed by atoms with van der Waals surface area (Å²) in [7, 11) is 0. The molecule has 2 amide bonds. The molecule has 4 N–H and O–H groups in total. The van der Waals surface area contributed by atoms with Gasteiger partial charge < -0.3 is 10.6 Å². The summed E-state index contributed by atoms with van der Waals surface area (Å²) in [6.45, 7) is 3.17. The van der Waals surface area contributed by atoms with Gasteiger partial charge in [-0.05, 0) is 13.8 Å². The quantitative estimate of drug-likeness (QED) is 0.245. The first-order chi connectivity index (χ1) is 5.85. The van der Waals surface area contributed by atoms with Crippen molar-refractivity contribution in [3.05, 3.63) is 0 Å². The van der Waals surface area contributed by atoms with Crippen LogP contribution in [0.2, 0.25) is 0 Å². The van der Waals surface area contributed by atoms with Crippen molar-refractivity contribution < 1.29 is 9.59 Å². The van der Waals surface area contributed by atoms with E-state index in [-0.39, 0.29) is 12.5 Å². The molecule has 1 rings (SSSR count). The zero-order valence-corrected chi connectivity index (χ0v) is 7.55. The highest BCUT2D eigenvalue weighted by molar-refractivity contribution is 6.06. The van der Waals surface area contributed by atoms with Gasteiger partial charge in [-0.25, -0.2) is 0 Å². The fourth-order valence-electron chi connectivity index (χ4n) is 1.17. The number of rotatable bonds is 0. The van der Waals surface area contributed by atoms with Gasteiger partial charge in [0.15, 0.2) is 5.96 Å². The maximum absolute atomic E-state index is 11.3. The Hall–Kier alpha value is -1.59. The van der Waals surface area contributed by atoms with Crippen molar-refractivity contribution in [2.75, 3.05) is 6.54 Å². The molecule has 0 saturated carbocycles. The lowest BCUT2D eigenvalue weighted by Crippen LogP contribution is -2.66. The van der Waals surface area contributed by atoms with Crippen molar-refractivity contribution in [3.63, 3.8) is 0 Å². The number of hydrogen-bond donors (Lipinski definition) is 3. The predicted octanol–water partition coefficient (Wildman–Crippen LogP) is -1.38. The highest BCUT2D eigenvalue weighted by Gasteiger charge is 2.41. The van der Waals surface area contributed by atoms with Crippen molar-refractivity contribution in [2.45, 2.75) is 19.4 Å². The van der Waals surface area contributed by atoms with E-state index in [0.717, 1.165) is 0 Å². The highest BCUT2D eigenvalue weighted by Crippen LogP contribution is 2.16. The van der Waals surface area contributed by atoms with Crippen LogP contribution in [0.5, 0.6) is 0 Å². The predicted molar refractivity (Wildman–Crippen MR) is 45.8 cm³/mol. The molecule has 0 unspecified atom stereocenters. The Kier molecular flexibility index (Phi) is 1.99. The molecular formula is C7H12N4O2. The fourth-order valence-corrected chi connectivity index (χ4v) is 1.17. The average Bonchev–Trinajstić information content (AvgIpc) is 1.96. The number of nitrogens with two attached hydrogens (primary N) is 1. The first-order valence-corrected chi connectivity index (χ1v) is 3.81. The van der Waals surface area contributed by atoms with Crippen LogP contribution in [0.4, 0.5) is 0 Å². The van der Waals surface area contributed by atoms with Gasteiger partial charge in [0.05, 0.1) is 0 Å². The van der Waals surface area contributed by atoms with Crippen LogP contribution in [0, 0.1) is 5.41 Å². The van der Waals surface area contributed by atoms with Gasteiger partial charge in [0, 0.05) is 0 Å². The van der Waals surface area contributed by atoms with Crippen LogP contribution in [-0.4, -0.2) is 34.8 Å². The lowest BCUT2D eigenvalue weighted by atomic mass is 9.99. The molecule has 6 nitrogen and oxygen atoms in total. The lowest BCUT2D eigenvalue weighted by molar-refractivity contribution is -0.141. The van der Waals surface area contributed by atoms with Crippen molar-refractivity contribution >= 4 is 17.8 Å². The molecule has 13 heavy (non-hydrogen) atoms. The summed E-state index contributed by atoms with van der Waals surface area (Å²) in [5.41, 5.74) is 4.31. The number of imide groups is 1. The Labute approximate surface area is 75.6 Å². The van der Waals surface area contributed by atoms with Gasteiger partial charge in [-0.15, -0.1) is 0 Å². The van der Waals surface area contributed by atoms with Crippen LogP contribution in [-0.2, 0) is 9.59 Å². The van der Waals surface area contributed by atoms with Crippen LogP contribution < -0.4 is 11.1 Å². The third-order valence-corrected chi connectivity index (χ3v) is 2.08. The van der Waals surface area contributed by atoms with E-state index in [1.54, 1.807) is 13.8 Å². The molecule has 0 aromatic carbocycles. The van der Waals surface area contributed by atoms with E-state index in [2.05, 4.69) is 5.32 Å². The van der Waals surface area contributed by atoms with Crippen molar-refractivity contribution in [3.8, 4) is 0 Å². The number of nitrogens with one attached hydrogen (secondary N) is 2. The summed E-state index contributed by atoms with van der Waals surface area (Å²) in [4.78, 5) is 23.5. The molecule has 0 radical (unpaired) electrons. The zero-order chi connectivity index (χ0) is 10.2. The maximum Gasteiger partial charge on any atom is 0.252 e. The molecule has 1 aliphatic rings. The maximum atomic E-state index is 11.3. The van der Waals surface area contributed by atoms with Gasteiger partial charge in [-0.3, -0.25) is 20.3 Å². The summed E-state index contributed by atoms with van der Waals surface area (Å²) >= 11 is 0. The minimum atomic E-state index is -0.931. The van der Waals surface area contributed by atoms with Gasteiger partial charge in [0.25, 0.3) is 5.91 Å². The molecular weight excluding hydrogens is 172 g/mol. The second kappa shape index (κ2) is 2.72. The standard InChI is InChI=1S/C7H12N4O2/c1-7(2)5(13)10-4(12)3-11(7)6(8)9/h3H2,1-2H3,(H3,8,9)(H,10,12,13). The lowest BCUT2D eigenvalue weighted by Gasteiger charge is -2.40. The van der Waals surface area contributed by atoms with E-state index in [0.29, 0.717) is 0 Å². The van der Waals surface area contributed by atoms with Crippen LogP contribution in [0.25, 0.3) is 0 Å². The number of carbonyl (C=O) groups is 2. The Morgan fingerprint density at radius 3 is 2.62 bits per heavy atom. The Morgan fingerprint density at radius 1 is 1.62 bits per heavy atom. The van der Waals surface area contributed by atoms with Crippen LogP contribution in [0.15, 0.2) is 0 Å². The summed E-state index contributed by atoms with van der Waals surface area (Å²) in [6.07, 6.45) is 0. The molecule has 1 saturated heterocycles. The molecule has 1 fully saturated rings. The van der Waals surface area contributed by atoms with Crippen LogP contribution in [0.3, 0.4) is 0 Å². The first kappa shape index (κ1) is 9.50. The molecule has 0 atom stereocenters. The third kappa shape index (κ3) is 1.47. The van der Waals surface area contributed by atoms with Gasteiger partial charge in [-0.2, -0.15) is 0 Å². The van der Waals surface area contributed by atoms with Crippen molar-refractivity contribution in [1.29, 1.82) is 5.41 Å². The molecule has 6 heteroatoms. The second-order valence-corrected chi connectivity index (χ2v) is 3.41. The number of nitrogens with zero attached hydrogens (tertiary/aromatic N) is 1. The van der Waals surface area contributed by atoms with E-state index in [9.17, 15) is 9.59 Å². The fraction of sp³-hybridized carbons (Fsp3) is 0.571. The zero-order valence-electron chi connectivity index (χ0n) is 7.55. The molecule has 72 valence electrons. The van der Waals surface area contributed by atoms with Crippen LogP contribution in [0.1, 0.15) is 13.8 Å². The van der Waals surface area contributed by atoms with Crippen molar-refractivity contribution in [1.82, 2.24) is 10.2 Å².